The number of rotatable bonds is 2. The second-order valence-corrected chi connectivity index (χ2v) is 4.23. The summed E-state index contributed by atoms with van der Waals surface area (Å²) in [7, 11) is 1.44. The third-order valence-electron chi connectivity index (χ3n) is 2.84. The summed E-state index contributed by atoms with van der Waals surface area (Å²) in [5, 5.41) is 9.36. The summed E-state index contributed by atoms with van der Waals surface area (Å²) in [6, 6.07) is 0. The van der Waals surface area contributed by atoms with E-state index in [0.717, 1.165) is 19.4 Å². The Morgan fingerprint density at radius 2 is 2.00 bits per heavy atom. The van der Waals surface area contributed by atoms with Crippen LogP contribution < -0.4 is 0 Å². The van der Waals surface area contributed by atoms with Gasteiger partial charge in [0, 0.05) is 0 Å². The highest BCUT2D eigenvalue weighted by atomic mass is 16.6. The molecule has 0 spiro atoms. The number of nitrogens with zero attached hydrogens (tertiary/aromatic N) is 2. The number of carbonyl (C=O) groups excluding carboxylic acids is 1. The number of piperazine rings is 1. The van der Waals surface area contributed by atoms with Gasteiger partial charge in [-0.15, -0.1) is 0 Å². The molecule has 15 heavy (non-hydrogen) atoms. The van der Waals surface area contributed by atoms with Gasteiger partial charge in [-0.2, -0.15) is 4.58 Å². The van der Waals surface area contributed by atoms with Gasteiger partial charge in [0.1, 0.15) is 6.29 Å². The third-order valence-corrected chi connectivity index (χ3v) is 2.84. The first-order chi connectivity index (χ1) is 7.01. The first kappa shape index (κ1) is 12.0. The number of aliphatic hydroxyl groups is 1. The van der Waals surface area contributed by atoms with Crippen molar-refractivity contribution in [2.45, 2.75) is 19.4 Å². The maximum Gasteiger partial charge on any atom is 0.546 e. The SMILES string of the molecule is COC(O)=[N+]1CCN(C(C)(C)C=O)CC1. The van der Waals surface area contributed by atoms with Gasteiger partial charge in [0.05, 0.1) is 25.7 Å². The van der Waals surface area contributed by atoms with Crippen LogP contribution in [0.4, 0.5) is 0 Å². The minimum atomic E-state index is -0.422. The van der Waals surface area contributed by atoms with Crippen molar-refractivity contribution in [2.24, 2.45) is 0 Å². The molecule has 1 aliphatic heterocycles. The van der Waals surface area contributed by atoms with E-state index >= 15 is 0 Å². The summed E-state index contributed by atoms with van der Waals surface area (Å²) in [4.78, 5) is 13.0. The van der Waals surface area contributed by atoms with E-state index in [1.54, 1.807) is 4.58 Å². The van der Waals surface area contributed by atoms with Crippen molar-refractivity contribution in [3.05, 3.63) is 0 Å². The summed E-state index contributed by atoms with van der Waals surface area (Å²) < 4.78 is 6.51. The predicted molar refractivity (Wildman–Crippen MR) is 56.4 cm³/mol. The lowest BCUT2D eigenvalue weighted by Crippen LogP contribution is -2.54. The van der Waals surface area contributed by atoms with Gasteiger partial charge in [-0.25, -0.2) is 0 Å². The van der Waals surface area contributed by atoms with E-state index in [1.807, 2.05) is 13.8 Å². The van der Waals surface area contributed by atoms with E-state index in [-0.39, 0.29) is 6.08 Å². The van der Waals surface area contributed by atoms with Crippen molar-refractivity contribution in [3.63, 3.8) is 0 Å². The van der Waals surface area contributed by atoms with Crippen LogP contribution in [-0.4, -0.2) is 65.8 Å². The number of aldehydes is 1. The molecule has 1 saturated heterocycles. The minimum Gasteiger partial charge on any atom is -0.430 e. The molecule has 86 valence electrons. The molecule has 5 heteroatoms. The van der Waals surface area contributed by atoms with Gasteiger partial charge >= 0.3 is 6.08 Å². The lowest BCUT2D eigenvalue weighted by Gasteiger charge is -2.35. The Bertz CT molecular complexity index is 264. The van der Waals surface area contributed by atoms with Gasteiger partial charge < -0.3 is 14.6 Å². The molecular formula is C10H19N2O3+. The van der Waals surface area contributed by atoms with E-state index in [4.69, 9.17) is 4.74 Å². The Morgan fingerprint density at radius 1 is 1.47 bits per heavy atom. The highest BCUT2D eigenvalue weighted by Crippen LogP contribution is 2.12. The van der Waals surface area contributed by atoms with Crippen molar-refractivity contribution >= 4 is 12.4 Å². The number of aliphatic hydroxyl groups excluding tert-OH is 1. The number of carbonyl (C=O) groups is 1. The molecule has 1 N–H and O–H groups in total. The van der Waals surface area contributed by atoms with Crippen LogP contribution in [0.15, 0.2) is 0 Å². The fraction of sp³-hybridized carbons (Fsp3) is 0.800. The van der Waals surface area contributed by atoms with Crippen LogP contribution in [0.1, 0.15) is 13.8 Å². The molecule has 0 atom stereocenters. The van der Waals surface area contributed by atoms with Gasteiger partial charge in [0.15, 0.2) is 13.1 Å². The molecule has 1 fully saturated rings. The average molecular weight is 215 g/mol. The Balaban J connectivity index is 2.60. The zero-order chi connectivity index (χ0) is 11.5. The van der Waals surface area contributed by atoms with Gasteiger partial charge in [-0.05, 0) is 13.8 Å². The Labute approximate surface area is 90.0 Å². The van der Waals surface area contributed by atoms with E-state index in [9.17, 15) is 9.90 Å². The van der Waals surface area contributed by atoms with Crippen LogP contribution in [0.3, 0.4) is 0 Å². The summed E-state index contributed by atoms with van der Waals surface area (Å²) in [6.07, 6.45) is 0.918. The van der Waals surface area contributed by atoms with Gasteiger partial charge in [0.25, 0.3) is 0 Å². The smallest absolute Gasteiger partial charge is 0.430 e. The summed E-state index contributed by atoms with van der Waals surface area (Å²) >= 11 is 0. The molecule has 0 aromatic heterocycles. The van der Waals surface area contributed by atoms with E-state index in [1.165, 1.54) is 7.11 Å². The molecule has 0 aliphatic carbocycles. The van der Waals surface area contributed by atoms with Crippen LogP contribution in [0.5, 0.6) is 0 Å². The van der Waals surface area contributed by atoms with Crippen LogP contribution in [0.25, 0.3) is 0 Å². The summed E-state index contributed by atoms with van der Waals surface area (Å²) in [5.74, 6) is 0. The molecule has 0 unspecified atom stereocenters. The Kier molecular flexibility index (Phi) is 3.68. The third kappa shape index (κ3) is 2.68. The number of ether oxygens (including phenoxy) is 1. The normalized spacial score (nSPS) is 18.7. The molecule has 1 aliphatic rings. The highest BCUT2D eigenvalue weighted by Gasteiger charge is 2.32. The maximum absolute atomic E-state index is 10.9. The first-order valence-electron chi connectivity index (χ1n) is 5.07. The van der Waals surface area contributed by atoms with E-state index in [2.05, 4.69) is 4.90 Å². The summed E-state index contributed by atoms with van der Waals surface area (Å²) in [6.45, 7) is 6.65. The molecule has 0 aromatic carbocycles. The minimum absolute atomic E-state index is 0.0430. The monoisotopic (exact) mass is 215 g/mol. The fourth-order valence-electron chi connectivity index (χ4n) is 1.68. The molecule has 0 radical (unpaired) electrons. The van der Waals surface area contributed by atoms with Gasteiger partial charge in [-0.1, -0.05) is 0 Å². The quantitative estimate of drug-likeness (QED) is 0.395. The van der Waals surface area contributed by atoms with Gasteiger partial charge in [0.2, 0.25) is 0 Å². The largest absolute Gasteiger partial charge is 0.546 e. The molecule has 5 nitrogen and oxygen atoms in total. The molecule has 0 amide bonds. The highest BCUT2D eigenvalue weighted by molar-refractivity contribution is 5.62. The molecule has 0 saturated carbocycles. The Hall–Kier alpha value is -1.10. The van der Waals surface area contributed by atoms with Crippen molar-refractivity contribution in [2.75, 3.05) is 33.3 Å². The standard InChI is InChI=1S/C10H18N2O3/c1-10(2,8-13)12-6-4-11(5-7-12)9(14)15-3/h8H,4-7H2,1-3H3/p+1. The lowest BCUT2D eigenvalue weighted by molar-refractivity contribution is -0.556. The summed E-state index contributed by atoms with van der Waals surface area (Å²) in [5.41, 5.74) is -0.422. The van der Waals surface area contributed by atoms with Crippen molar-refractivity contribution in [1.82, 2.24) is 4.90 Å². The van der Waals surface area contributed by atoms with Gasteiger partial charge in [-0.3, -0.25) is 4.90 Å². The van der Waals surface area contributed by atoms with Crippen LogP contribution in [0.2, 0.25) is 0 Å². The average Bonchev–Trinajstić information content (AvgIpc) is 2.28. The van der Waals surface area contributed by atoms with E-state index < -0.39 is 5.54 Å². The zero-order valence-electron chi connectivity index (χ0n) is 9.56. The number of hydrogen-bond acceptors (Lipinski definition) is 3. The van der Waals surface area contributed by atoms with Crippen molar-refractivity contribution < 1.29 is 19.2 Å². The van der Waals surface area contributed by atoms with Crippen LogP contribution >= 0.6 is 0 Å². The topological polar surface area (TPSA) is 52.8 Å². The van der Waals surface area contributed by atoms with Crippen molar-refractivity contribution in [1.29, 1.82) is 0 Å². The zero-order valence-corrected chi connectivity index (χ0v) is 9.56. The first-order valence-corrected chi connectivity index (χ1v) is 5.07. The molecule has 0 aromatic rings. The van der Waals surface area contributed by atoms with E-state index in [0.29, 0.717) is 13.1 Å². The van der Waals surface area contributed by atoms with Crippen LogP contribution in [0, 0.1) is 0 Å². The second kappa shape index (κ2) is 4.61. The lowest BCUT2D eigenvalue weighted by atomic mass is 10.0. The number of methoxy groups -OCH3 is 1. The molecule has 0 bridgehead atoms. The predicted octanol–water partition coefficient (Wildman–Crippen LogP) is -0.148. The van der Waals surface area contributed by atoms with Crippen LogP contribution in [-0.2, 0) is 9.53 Å². The molecule has 1 rings (SSSR count). The van der Waals surface area contributed by atoms with Crippen molar-refractivity contribution in [3.8, 4) is 0 Å². The number of hydrogen-bond donors (Lipinski definition) is 1. The maximum atomic E-state index is 10.9. The Morgan fingerprint density at radius 3 is 2.40 bits per heavy atom. The molecule has 1 heterocycles. The molecular weight excluding hydrogens is 196 g/mol. The fourth-order valence-corrected chi connectivity index (χ4v) is 1.68. The second-order valence-electron chi connectivity index (χ2n) is 4.23.